The third-order valence-corrected chi connectivity index (χ3v) is 2.99. The predicted molar refractivity (Wildman–Crippen MR) is 65.0 cm³/mol. The van der Waals surface area contributed by atoms with Crippen molar-refractivity contribution in [1.29, 1.82) is 0 Å². The monoisotopic (exact) mass is 237 g/mol. The third kappa shape index (κ3) is 2.18. The van der Waals surface area contributed by atoms with Gasteiger partial charge in [0.2, 0.25) is 0 Å². The van der Waals surface area contributed by atoms with Crippen LogP contribution < -0.4 is 10.6 Å². The molecule has 1 fully saturated rings. The van der Waals surface area contributed by atoms with Gasteiger partial charge in [-0.2, -0.15) is 0 Å². The maximum atomic E-state index is 13.8. The van der Waals surface area contributed by atoms with Gasteiger partial charge in [-0.25, -0.2) is 4.39 Å². The Morgan fingerprint density at radius 3 is 2.82 bits per heavy atom. The van der Waals surface area contributed by atoms with Gasteiger partial charge in [0, 0.05) is 12.6 Å². The van der Waals surface area contributed by atoms with E-state index in [2.05, 4.69) is 10.1 Å². The Kier molecular flexibility index (Phi) is 3.17. The van der Waals surface area contributed by atoms with Gasteiger partial charge in [-0.1, -0.05) is 11.2 Å². The molecule has 4 nitrogen and oxygen atoms in total. The van der Waals surface area contributed by atoms with E-state index in [0.717, 1.165) is 19.4 Å². The largest absolute Gasteiger partial charge is 0.409 e. The van der Waals surface area contributed by atoms with Crippen LogP contribution in [0.4, 0.5) is 10.1 Å². The highest BCUT2D eigenvalue weighted by atomic mass is 19.1. The van der Waals surface area contributed by atoms with Crippen LogP contribution >= 0.6 is 0 Å². The molecule has 1 aliphatic carbocycles. The summed E-state index contributed by atoms with van der Waals surface area (Å²) < 4.78 is 13.8. The van der Waals surface area contributed by atoms with Gasteiger partial charge in [0.15, 0.2) is 5.84 Å². The average molecular weight is 237 g/mol. The summed E-state index contributed by atoms with van der Waals surface area (Å²) in [6, 6.07) is 5.21. The maximum absolute atomic E-state index is 13.8. The molecule has 0 heterocycles. The molecule has 3 N–H and O–H groups in total. The third-order valence-electron chi connectivity index (χ3n) is 2.99. The van der Waals surface area contributed by atoms with E-state index in [-0.39, 0.29) is 11.4 Å². The number of amidine groups is 1. The van der Waals surface area contributed by atoms with Crippen LogP contribution in [0.5, 0.6) is 0 Å². The highest BCUT2D eigenvalue weighted by molar-refractivity contribution is 6.02. The van der Waals surface area contributed by atoms with Crippen LogP contribution in [0.25, 0.3) is 0 Å². The lowest BCUT2D eigenvalue weighted by Crippen LogP contribution is -2.29. The van der Waals surface area contributed by atoms with E-state index in [9.17, 15) is 4.39 Å². The van der Waals surface area contributed by atoms with E-state index in [1.54, 1.807) is 12.1 Å². The van der Waals surface area contributed by atoms with E-state index in [1.807, 2.05) is 6.92 Å². The molecule has 5 heteroatoms. The van der Waals surface area contributed by atoms with Gasteiger partial charge in [0.1, 0.15) is 5.82 Å². The minimum Gasteiger partial charge on any atom is -0.409 e. The maximum Gasteiger partial charge on any atom is 0.175 e. The molecule has 1 aromatic carbocycles. The fraction of sp³-hybridized carbons (Fsp3) is 0.417. The summed E-state index contributed by atoms with van der Waals surface area (Å²) >= 11 is 0. The summed E-state index contributed by atoms with van der Waals surface area (Å²) in [4.78, 5) is 2.09. The van der Waals surface area contributed by atoms with Gasteiger partial charge in [-0.3, -0.25) is 0 Å². The molecule has 0 aliphatic heterocycles. The first-order valence-corrected chi connectivity index (χ1v) is 5.72. The van der Waals surface area contributed by atoms with Crippen molar-refractivity contribution in [1.82, 2.24) is 0 Å². The Balaban J connectivity index is 2.48. The van der Waals surface area contributed by atoms with E-state index >= 15 is 0 Å². The number of nitrogens with two attached hydrogens (primary N) is 1. The van der Waals surface area contributed by atoms with Crippen molar-refractivity contribution in [2.45, 2.75) is 25.8 Å². The molecule has 0 unspecified atom stereocenters. The molecule has 1 saturated carbocycles. The molecular formula is C12H16FN3O. The number of nitrogens with zero attached hydrogens (tertiary/aromatic N) is 2. The van der Waals surface area contributed by atoms with Crippen molar-refractivity contribution in [3.63, 3.8) is 0 Å². The van der Waals surface area contributed by atoms with Crippen LogP contribution in [-0.2, 0) is 0 Å². The van der Waals surface area contributed by atoms with Crippen molar-refractivity contribution in [3.8, 4) is 0 Å². The summed E-state index contributed by atoms with van der Waals surface area (Å²) in [5, 5.41) is 11.6. The summed E-state index contributed by atoms with van der Waals surface area (Å²) in [5.74, 6) is -0.644. The molecule has 0 amide bonds. The Bertz CT molecular complexity index is 443. The van der Waals surface area contributed by atoms with Crippen molar-refractivity contribution < 1.29 is 9.60 Å². The normalized spacial score (nSPS) is 16.0. The summed E-state index contributed by atoms with van der Waals surface area (Å²) in [6.45, 7) is 2.79. The molecule has 0 radical (unpaired) electrons. The average Bonchev–Trinajstić information content (AvgIpc) is 3.14. The van der Waals surface area contributed by atoms with Gasteiger partial charge in [0.25, 0.3) is 0 Å². The predicted octanol–water partition coefficient (Wildman–Crippen LogP) is 1.91. The van der Waals surface area contributed by atoms with Crippen LogP contribution in [0.2, 0.25) is 0 Å². The van der Waals surface area contributed by atoms with Crippen LogP contribution in [0.1, 0.15) is 25.3 Å². The summed E-state index contributed by atoms with van der Waals surface area (Å²) in [6.07, 6.45) is 2.22. The standard InChI is InChI=1S/C12H16FN3O/c1-2-16(8-6-7-8)10-5-3-4-9(13)11(10)12(14)15-17/h3-5,8,17H,2,6-7H2,1H3,(H2,14,15). The fourth-order valence-corrected chi connectivity index (χ4v) is 2.07. The molecule has 2 rings (SSSR count). The summed E-state index contributed by atoms with van der Waals surface area (Å²) in [7, 11) is 0. The second-order valence-corrected chi connectivity index (χ2v) is 4.14. The van der Waals surface area contributed by atoms with Gasteiger partial charge >= 0.3 is 0 Å². The Morgan fingerprint density at radius 1 is 1.59 bits per heavy atom. The van der Waals surface area contributed by atoms with Gasteiger partial charge in [-0.05, 0) is 31.9 Å². The zero-order valence-corrected chi connectivity index (χ0v) is 9.73. The number of hydrogen-bond acceptors (Lipinski definition) is 3. The first kappa shape index (κ1) is 11.7. The molecular weight excluding hydrogens is 221 g/mol. The minimum atomic E-state index is -0.461. The lowest BCUT2D eigenvalue weighted by Gasteiger charge is -2.25. The van der Waals surface area contributed by atoms with Crippen molar-refractivity contribution >= 4 is 11.5 Å². The van der Waals surface area contributed by atoms with Crippen molar-refractivity contribution in [3.05, 3.63) is 29.6 Å². The molecule has 17 heavy (non-hydrogen) atoms. The van der Waals surface area contributed by atoms with Crippen LogP contribution in [-0.4, -0.2) is 23.6 Å². The first-order chi connectivity index (χ1) is 8.19. The second kappa shape index (κ2) is 4.61. The quantitative estimate of drug-likeness (QED) is 0.364. The molecule has 0 spiro atoms. The minimum absolute atomic E-state index is 0.183. The lowest BCUT2D eigenvalue weighted by atomic mass is 10.1. The zero-order valence-electron chi connectivity index (χ0n) is 9.73. The molecule has 0 bridgehead atoms. The van der Waals surface area contributed by atoms with Crippen molar-refractivity contribution in [2.75, 3.05) is 11.4 Å². The van der Waals surface area contributed by atoms with Gasteiger partial charge < -0.3 is 15.8 Å². The number of anilines is 1. The zero-order chi connectivity index (χ0) is 12.4. The Morgan fingerprint density at radius 2 is 2.29 bits per heavy atom. The molecule has 1 aliphatic rings. The number of hydrogen-bond donors (Lipinski definition) is 2. The molecule has 92 valence electrons. The number of halogens is 1. The topological polar surface area (TPSA) is 61.8 Å². The van der Waals surface area contributed by atoms with Crippen LogP contribution in [0.3, 0.4) is 0 Å². The summed E-state index contributed by atoms with van der Waals surface area (Å²) in [5.41, 5.74) is 6.43. The molecule has 1 aromatic rings. The first-order valence-electron chi connectivity index (χ1n) is 5.72. The van der Waals surface area contributed by atoms with E-state index in [1.165, 1.54) is 6.07 Å². The Hall–Kier alpha value is -1.78. The van der Waals surface area contributed by atoms with Crippen molar-refractivity contribution in [2.24, 2.45) is 10.9 Å². The van der Waals surface area contributed by atoms with Gasteiger partial charge in [0.05, 0.1) is 11.3 Å². The van der Waals surface area contributed by atoms with E-state index in [4.69, 9.17) is 10.9 Å². The molecule has 0 saturated heterocycles. The fourth-order valence-electron chi connectivity index (χ4n) is 2.07. The van der Waals surface area contributed by atoms with E-state index in [0.29, 0.717) is 11.7 Å². The van der Waals surface area contributed by atoms with Crippen LogP contribution in [0, 0.1) is 5.82 Å². The lowest BCUT2D eigenvalue weighted by molar-refractivity contribution is 0.318. The Labute approximate surface area is 99.5 Å². The highest BCUT2D eigenvalue weighted by Gasteiger charge is 2.30. The second-order valence-electron chi connectivity index (χ2n) is 4.14. The number of benzene rings is 1. The smallest absolute Gasteiger partial charge is 0.175 e. The number of rotatable bonds is 4. The molecule has 0 atom stereocenters. The van der Waals surface area contributed by atoms with E-state index < -0.39 is 5.82 Å². The highest BCUT2D eigenvalue weighted by Crippen LogP contribution is 2.34. The molecule has 0 aromatic heterocycles. The SMILES string of the molecule is CCN(c1cccc(F)c1C(N)=NO)C1CC1. The van der Waals surface area contributed by atoms with Gasteiger partial charge in [-0.15, -0.1) is 0 Å². The number of oxime groups is 1. The van der Waals surface area contributed by atoms with Crippen LogP contribution in [0.15, 0.2) is 23.4 Å².